The van der Waals surface area contributed by atoms with Gasteiger partial charge in [-0.15, -0.1) is 5.10 Å². The van der Waals surface area contributed by atoms with Crippen molar-refractivity contribution in [2.45, 2.75) is 25.3 Å². The fourth-order valence-electron chi connectivity index (χ4n) is 3.29. The summed E-state index contributed by atoms with van der Waals surface area (Å²) in [6, 6.07) is 0.312. The van der Waals surface area contributed by atoms with E-state index >= 15 is 0 Å². The molecule has 7 nitrogen and oxygen atoms in total. The van der Waals surface area contributed by atoms with Gasteiger partial charge in [-0.05, 0) is 38.3 Å². The summed E-state index contributed by atoms with van der Waals surface area (Å²) in [6.45, 7) is 5.53. The van der Waals surface area contributed by atoms with Crippen LogP contribution in [0, 0.1) is 5.92 Å². The third-order valence-corrected chi connectivity index (χ3v) is 4.44. The number of esters is 1. The zero-order chi connectivity index (χ0) is 14.7. The Morgan fingerprint density at radius 3 is 3.19 bits per heavy atom. The number of ether oxygens (including phenoxy) is 1. The molecule has 3 rings (SSSR count). The first-order valence-corrected chi connectivity index (χ1v) is 7.69. The Kier molecular flexibility index (Phi) is 4.50. The second kappa shape index (κ2) is 6.53. The summed E-state index contributed by atoms with van der Waals surface area (Å²) in [7, 11) is 1.36. The number of aromatic nitrogens is 3. The first-order valence-electron chi connectivity index (χ1n) is 7.69. The van der Waals surface area contributed by atoms with Crippen LogP contribution in [0.25, 0.3) is 0 Å². The summed E-state index contributed by atoms with van der Waals surface area (Å²) >= 11 is 0. The lowest BCUT2D eigenvalue weighted by molar-refractivity contribution is 0.0594. The number of carbonyl (C=O) groups excluding carboxylic acids is 1. The summed E-state index contributed by atoms with van der Waals surface area (Å²) in [5.41, 5.74) is 0.285. The van der Waals surface area contributed by atoms with E-state index in [0.717, 1.165) is 45.1 Å². The van der Waals surface area contributed by atoms with Crippen molar-refractivity contribution < 1.29 is 9.53 Å². The SMILES string of the molecule is COC(=O)c1cn(C2CCN(CC3CCCNC3)C2)nn1. The van der Waals surface area contributed by atoms with Crippen LogP contribution in [0.2, 0.25) is 0 Å². The zero-order valence-electron chi connectivity index (χ0n) is 12.5. The molecule has 116 valence electrons. The summed E-state index contributed by atoms with van der Waals surface area (Å²) in [6.07, 6.45) is 5.36. The van der Waals surface area contributed by atoms with Crippen molar-refractivity contribution >= 4 is 5.97 Å². The Hall–Kier alpha value is -1.47. The third kappa shape index (κ3) is 3.41. The maximum absolute atomic E-state index is 11.4. The molecule has 0 bridgehead atoms. The van der Waals surface area contributed by atoms with Crippen LogP contribution in [0.4, 0.5) is 0 Å². The Bertz CT molecular complexity index is 483. The van der Waals surface area contributed by atoms with Crippen molar-refractivity contribution in [3.8, 4) is 0 Å². The highest BCUT2D eigenvalue weighted by Crippen LogP contribution is 2.23. The molecule has 2 saturated heterocycles. The number of piperidine rings is 1. The highest BCUT2D eigenvalue weighted by atomic mass is 16.5. The molecule has 2 unspecified atom stereocenters. The van der Waals surface area contributed by atoms with Crippen LogP contribution < -0.4 is 5.32 Å². The average Bonchev–Trinajstić information content (AvgIpc) is 3.16. The predicted molar refractivity (Wildman–Crippen MR) is 77.0 cm³/mol. The molecule has 1 aromatic rings. The second-order valence-corrected chi connectivity index (χ2v) is 5.99. The molecule has 2 aliphatic rings. The number of likely N-dealkylation sites (tertiary alicyclic amines) is 1. The number of hydrogen-bond acceptors (Lipinski definition) is 6. The van der Waals surface area contributed by atoms with E-state index in [1.54, 1.807) is 6.20 Å². The van der Waals surface area contributed by atoms with Gasteiger partial charge in [-0.25, -0.2) is 9.48 Å². The van der Waals surface area contributed by atoms with Crippen molar-refractivity contribution in [3.05, 3.63) is 11.9 Å². The van der Waals surface area contributed by atoms with Crippen LogP contribution in [0.3, 0.4) is 0 Å². The van der Waals surface area contributed by atoms with Gasteiger partial charge in [0.05, 0.1) is 19.3 Å². The van der Waals surface area contributed by atoms with Gasteiger partial charge >= 0.3 is 5.97 Å². The normalized spacial score (nSPS) is 26.9. The van der Waals surface area contributed by atoms with Crippen molar-refractivity contribution in [3.63, 3.8) is 0 Å². The van der Waals surface area contributed by atoms with E-state index < -0.39 is 5.97 Å². The molecule has 0 spiro atoms. The summed E-state index contributed by atoms with van der Waals surface area (Å²) in [4.78, 5) is 13.9. The average molecular weight is 293 g/mol. The van der Waals surface area contributed by atoms with Gasteiger partial charge in [-0.1, -0.05) is 5.21 Å². The lowest BCUT2D eigenvalue weighted by Crippen LogP contribution is -2.37. The predicted octanol–water partition coefficient (Wildman–Crippen LogP) is 0.311. The number of carbonyl (C=O) groups is 1. The molecule has 2 fully saturated rings. The zero-order valence-corrected chi connectivity index (χ0v) is 12.5. The van der Waals surface area contributed by atoms with Gasteiger partial charge in [0.2, 0.25) is 0 Å². The molecule has 3 heterocycles. The van der Waals surface area contributed by atoms with E-state index in [2.05, 4.69) is 25.3 Å². The maximum atomic E-state index is 11.4. The molecule has 21 heavy (non-hydrogen) atoms. The molecule has 7 heteroatoms. The summed E-state index contributed by atoms with van der Waals surface area (Å²) < 4.78 is 6.47. The fraction of sp³-hybridized carbons (Fsp3) is 0.786. The molecular weight excluding hydrogens is 270 g/mol. The standard InChI is InChI=1S/C14H23N5O2/c1-21-14(20)13-10-19(17-16-13)12-4-6-18(9-12)8-11-3-2-5-15-7-11/h10-12,15H,2-9H2,1H3. The monoisotopic (exact) mass is 293 g/mol. The Labute approximate surface area is 124 Å². The number of hydrogen-bond donors (Lipinski definition) is 1. The van der Waals surface area contributed by atoms with Crippen LogP contribution in [-0.4, -0.2) is 65.7 Å². The molecule has 0 saturated carbocycles. The number of rotatable bonds is 4. The van der Waals surface area contributed by atoms with Crippen LogP contribution in [0.15, 0.2) is 6.20 Å². The van der Waals surface area contributed by atoms with Gasteiger partial charge in [0.1, 0.15) is 0 Å². The minimum atomic E-state index is -0.426. The minimum Gasteiger partial charge on any atom is -0.464 e. The quantitative estimate of drug-likeness (QED) is 0.806. The van der Waals surface area contributed by atoms with Crippen molar-refractivity contribution in [1.29, 1.82) is 0 Å². The Morgan fingerprint density at radius 2 is 2.43 bits per heavy atom. The highest BCUT2D eigenvalue weighted by molar-refractivity contribution is 5.86. The van der Waals surface area contributed by atoms with Gasteiger partial charge in [0, 0.05) is 19.6 Å². The van der Waals surface area contributed by atoms with Gasteiger partial charge < -0.3 is 15.0 Å². The number of nitrogens with one attached hydrogen (secondary N) is 1. The van der Waals surface area contributed by atoms with E-state index in [4.69, 9.17) is 0 Å². The first-order chi connectivity index (χ1) is 10.3. The summed E-state index contributed by atoms with van der Waals surface area (Å²) in [5, 5.41) is 11.4. The molecular formula is C14H23N5O2. The lowest BCUT2D eigenvalue weighted by Gasteiger charge is -2.27. The highest BCUT2D eigenvalue weighted by Gasteiger charge is 2.27. The first kappa shape index (κ1) is 14.5. The maximum Gasteiger partial charge on any atom is 0.360 e. The topological polar surface area (TPSA) is 72.3 Å². The van der Waals surface area contributed by atoms with E-state index in [9.17, 15) is 4.79 Å². The van der Waals surface area contributed by atoms with Gasteiger partial charge in [-0.2, -0.15) is 0 Å². The molecule has 1 aromatic heterocycles. The van der Waals surface area contributed by atoms with E-state index in [1.165, 1.54) is 20.0 Å². The molecule has 2 atom stereocenters. The van der Waals surface area contributed by atoms with Crippen molar-refractivity contribution in [1.82, 2.24) is 25.2 Å². The van der Waals surface area contributed by atoms with Crippen molar-refractivity contribution in [2.75, 3.05) is 39.8 Å². The molecule has 0 amide bonds. The second-order valence-electron chi connectivity index (χ2n) is 5.99. The molecule has 0 aliphatic carbocycles. The Morgan fingerprint density at radius 1 is 1.52 bits per heavy atom. The minimum absolute atomic E-state index is 0.285. The number of nitrogens with zero attached hydrogens (tertiary/aromatic N) is 4. The van der Waals surface area contributed by atoms with Crippen LogP contribution in [0.1, 0.15) is 35.8 Å². The summed E-state index contributed by atoms with van der Waals surface area (Å²) in [5.74, 6) is 0.336. The van der Waals surface area contributed by atoms with Crippen LogP contribution >= 0.6 is 0 Å². The van der Waals surface area contributed by atoms with E-state index in [-0.39, 0.29) is 5.69 Å². The lowest BCUT2D eigenvalue weighted by atomic mass is 9.99. The van der Waals surface area contributed by atoms with E-state index in [1.807, 2.05) is 4.68 Å². The van der Waals surface area contributed by atoms with Gasteiger partial charge in [0.15, 0.2) is 5.69 Å². The van der Waals surface area contributed by atoms with Crippen molar-refractivity contribution in [2.24, 2.45) is 5.92 Å². The smallest absolute Gasteiger partial charge is 0.360 e. The van der Waals surface area contributed by atoms with Gasteiger partial charge in [0.25, 0.3) is 0 Å². The van der Waals surface area contributed by atoms with Crippen LogP contribution in [0.5, 0.6) is 0 Å². The van der Waals surface area contributed by atoms with Crippen LogP contribution in [-0.2, 0) is 4.74 Å². The number of methoxy groups -OCH3 is 1. The molecule has 2 aliphatic heterocycles. The molecule has 1 N–H and O–H groups in total. The molecule has 0 radical (unpaired) electrons. The third-order valence-electron chi connectivity index (χ3n) is 4.44. The Balaban J connectivity index is 1.54. The molecule has 0 aromatic carbocycles. The largest absolute Gasteiger partial charge is 0.464 e. The van der Waals surface area contributed by atoms with Gasteiger partial charge in [-0.3, -0.25) is 0 Å². The fourth-order valence-corrected chi connectivity index (χ4v) is 3.29. The van der Waals surface area contributed by atoms with E-state index in [0.29, 0.717) is 6.04 Å².